The number of aliphatic hydroxyl groups excluding tert-OH is 1. The summed E-state index contributed by atoms with van der Waals surface area (Å²) in [4.78, 5) is 28.9. The molecule has 0 saturated heterocycles. The minimum absolute atomic E-state index is 0.0105. The van der Waals surface area contributed by atoms with Crippen LogP contribution >= 0.6 is 0 Å². The number of nitrogens with zero attached hydrogens (tertiary/aromatic N) is 3. The minimum atomic E-state index is -3.96. The monoisotopic (exact) mass is 715 g/mol. The highest BCUT2D eigenvalue weighted by molar-refractivity contribution is 7.89. The molecule has 0 spiro atoms. The van der Waals surface area contributed by atoms with E-state index in [4.69, 9.17) is 18.7 Å². The highest BCUT2D eigenvalue weighted by Crippen LogP contribution is 2.29. The summed E-state index contributed by atoms with van der Waals surface area (Å²) < 4.78 is 51.3. The Hall–Kier alpha value is -4.18. The molecular formula is C35H49N5O9S. The van der Waals surface area contributed by atoms with Gasteiger partial charge in [-0.15, -0.1) is 0 Å². The SMILES string of the molecule is COc1ccc(NC(=O)Nc2ccc3c(c2)C(=O)N([C@@H](C)CO)C[C@@H](C)[C@H](CN(C)S(=O)(=O)c2c(C)noc2C)OCCCC[C@@H](C)O3)cc1. The smallest absolute Gasteiger partial charge is 0.323 e. The summed E-state index contributed by atoms with van der Waals surface area (Å²) in [5, 5.41) is 19.6. The van der Waals surface area contributed by atoms with Gasteiger partial charge in [0.15, 0.2) is 5.76 Å². The molecule has 2 aromatic carbocycles. The number of carbonyl (C=O) groups is 2. The number of aryl methyl sites for hydroxylation is 2. The van der Waals surface area contributed by atoms with Crippen LogP contribution < -0.4 is 20.1 Å². The molecule has 50 heavy (non-hydrogen) atoms. The number of aromatic nitrogens is 1. The number of amides is 3. The van der Waals surface area contributed by atoms with Crippen LogP contribution in [0.1, 0.15) is 61.8 Å². The van der Waals surface area contributed by atoms with Gasteiger partial charge < -0.3 is 39.4 Å². The third kappa shape index (κ3) is 9.53. The van der Waals surface area contributed by atoms with Gasteiger partial charge >= 0.3 is 6.03 Å². The number of urea groups is 1. The standard InChI is InChI=1S/C35H49N5O9S/c1-22-19-40(23(2)21-41)34(42)30-18-28(37-35(43)36-27-11-14-29(46-7)15-12-27)13-16-31(30)48-24(3)10-8-9-17-47-32(22)20-39(6)50(44,45)33-25(4)38-49-26(33)5/h11-16,18,22-24,32,41H,8-10,17,19-21H2,1-7H3,(H2,36,37,43)/t22-,23+,24-,32+/m1/s1. The molecule has 4 atom stereocenters. The molecule has 14 nitrogen and oxygen atoms in total. The lowest BCUT2D eigenvalue weighted by Crippen LogP contribution is -2.48. The van der Waals surface area contributed by atoms with E-state index in [0.717, 1.165) is 6.42 Å². The third-order valence-corrected chi connectivity index (χ3v) is 10.8. The van der Waals surface area contributed by atoms with Crippen molar-refractivity contribution in [2.24, 2.45) is 5.92 Å². The number of hydrogen-bond acceptors (Lipinski definition) is 10. The Morgan fingerprint density at radius 1 is 1.12 bits per heavy atom. The molecule has 3 N–H and O–H groups in total. The number of rotatable bonds is 9. The quantitative estimate of drug-likeness (QED) is 0.272. The lowest BCUT2D eigenvalue weighted by Gasteiger charge is -2.35. The van der Waals surface area contributed by atoms with Crippen molar-refractivity contribution in [3.8, 4) is 11.5 Å². The van der Waals surface area contributed by atoms with E-state index in [1.165, 1.54) is 16.3 Å². The average molecular weight is 716 g/mol. The van der Waals surface area contributed by atoms with Crippen LogP contribution in [-0.2, 0) is 14.8 Å². The van der Waals surface area contributed by atoms with E-state index >= 15 is 0 Å². The van der Waals surface area contributed by atoms with Gasteiger partial charge in [0.2, 0.25) is 10.0 Å². The molecule has 2 heterocycles. The number of likely N-dealkylation sites (N-methyl/N-ethyl adjacent to an activating group) is 1. The van der Waals surface area contributed by atoms with Gasteiger partial charge in [0.25, 0.3) is 5.91 Å². The second-order valence-corrected chi connectivity index (χ2v) is 14.7. The fourth-order valence-corrected chi connectivity index (χ4v) is 7.25. The van der Waals surface area contributed by atoms with E-state index < -0.39 is 34.1 Å². The van der Waals surface area contributed by atoms with Crippen LogP contribution in [0.3, 0.4) is 0 Å². The maximum atomic E-state index is 14.4. The molecule has 3 aromatic rings. The molecule has 4 rings (SSSR count). The van der Waals surface area contributed by atoms with Crippen LogP contribution in [-0.4, -0.2) is 98.5 Å². The molecule has 1 aromatic heterocycles. The van der Waals surface area contributed by atoms with E-state index in [-0.39, 0.29) is 53.6 Å². The zero-order chi connectivity index (χ0) is 36.6. The van der Waals surface area contributed by atoms with Crippen LogP contribution in [0.25, 0.3) is 0 Å². The second kappa shape index (κ2) is 17.2. The van der Waals surface area contributed by atoms with Gasteiger partial charge in [-0.1, -0.05) is 12.1 Å². The Bertz CT molecular complexity index is 1690. The summed E-state index contributed by atoms with van der Waals surface area (Å²) >= 11 is 0. The summed E-state index contributed by atoms with van der Waals surface area (Å²) in [6, 6.07) is 10.6. The Kier molecular flexibility index (Phi) is 13.3. The van der Waals surface area contributed by atoms with E-state index in [2.05, 4.69) is 15.8 Å². The van der Waals surface area contributed by atoms with Crippen molar-refractivity contribution in [2.45, 2.75) is 77.0 Å². The van der Waals surface area contributed by atoms with Gasteiger partial charge in [0.1, 0.15) is 22.1 Å². The molecule has 0 fully saturated rings. The summed E-state index contributed by atoms with van der Waals surface area (Å²) in [5.41, 5.74) is 1.38. The topological polar surface area (TPSA) is 173 Å². The Balaban J connectivity index is 1.62. The van der Waals surface area contributed by atoms with Crippen molar-refractivity contribution in [3.05, 3.63) is 59.5 Å². The van der Waals surface area contributed by atoms with Crippen molar-refractivity contribution in [1.29, 1.82) is 0 Å². The van der Waals surface area contributed by atoms with Crippen molar-refractivity contribution < 1.29 is 41.8 Å². The van der Waals surface area contributed by atoms with E-state index in [1.807, 2.05) is 13.8 Å². The number of nitrogens with one attached hydrogen (secondary N) is 2. The van der Waals surface area contributed by atoms with Gasteiger partial charge in [-0.25, -0.2) is 13.2 Å². The third-order valence-electron chi connectivity index (χ3n) is 8.73. The fraction of sp³-hybridized carbons (Fsp3) is 0.514. The van der Waals surface area contributed by atoms with Gasteiger partial charge in [-0.05, 0) is 89.4 Å². The van der Waals surface area contributed by atoms with Gasteiger partial charge in [0.05, 0.1) is 37.5 Å². The number of benzene rings is 2. The molecule has 0 radical (unpaired) electrons. The van der Waals surface area contributed by atoms with Gasteiger partial charge in [-0.3, -0.25) is 4.79 Å². The molecule has 1 aliphatic heterocycles. The molecule has 0 saturated carbocycles. The molecular weight excluding hydrogens is 666 g/mol. The molecule has 1 aliphatic rings. The zero-order valence-electron chi connectivity index (χ0n) is 29.8. The van der Waals surface area contributed by atoms with Crippen LogP contribution in [0.5, 0.6) is 11.5 Å². The van der Waals surface area contributed by atoms with Crippen LogP contribution in [0.2, 0.25) is 0 Å². The zero-order valence-corrected chi connectivity index (χ0v) is 30.6. The predicted octanol–water partition coefficient (Wildman–Crippen LogP) is 5.06. The highest BCUT2D eigenvalue weighted by atomic mass is 32.2. The summed E-state index contributed by atoms with van der Waals surface area (Å²) in [7, 11) is -0.917. The number of fused-ring (bicyclic) bond motifs is 1. The number of aliphatic hydroxyl groups is 1. The predicted molar refractivity (Wildman–Crippen MR) is 188 cm³/mol. The van der Waals surface area contributed by atoms with Crippen molar-refractivity contribution in [1.82, 2.24) is 14.4 Å². The van der Waals surface area contributed by atoms with Crippen molar-refractivity contribution >= 4 is 33.3 Å². The first kappa shape index (κ1) is 38.6. The highest BCUT2D eigenvalue weighted by Gasteiger charge is 2.34. The van der Waals surface area contributed by atoms with Gasteiger partial charge in [0, 0.05) is 44.0 Å². The lowest BCUT2D eigenvalue weighted by molar-refractivity contribution is -0.00835. The Morgan fingerprint density at radius 2 is 1.80 bits per heavy atom. The summed E-state index contributed by atoms with van der Waals surface area (Å²) in [6.45, 7) is 8.87. The average Bonchev–Trinajstić information content (AvgIpc) is 3.44. The molecule has 3 amide bonds. The molecule has 0 unspecified atom stereocenters. The molecule has 274 valence electrons. The summed E-state index contributed by atoms with van der Waals surface area (Å²) in [5.74, 6) is 0.412. The van der Waals surface area contributed by atoms with E-state index in [9.17, 15) is 23.1 Å². The summed E-state index contributed by atoms with van der Waals surface area (Å²) in [6.07, 6.45) is 1.33. The maximum absolute atomic E-state index is 14.4. The Morgan fingerprint density at radius 3 is 2.44 bits per heavy atom. The lowest BCUT2D eigenvalue weighted by atomic mass is 10.0. The minimum Gasteiger partial charge on any atom is -0.497 e. The fourth-order valence-electron chi connectivity index (χ4n) is 5.78. The normalized spacial score (nSPS) is 20.0. The number of methoxy groups -OCH3 is 1. The molecule has 15 heteroatoms. The van der Waals surface area contributed by atoms with Crippen LogP contribution in [0, 0.1) is 19.8 Å². The molecule has 0 bridgehead atoms. The van der Waals surface area contributed by atoms with Crippen LogP contribution in [0.15, 0.2) is 51.9 Å². The second-order valence-electron chi connectivity index (χ2n) is 12.8. The maximum Gasteiger partial charge on any atom is 0.323 e. The number of carbonyl (C=O) groups excluding carboxylic acids is 2. The van der Waals surface area contributed by atoms with Gasteiger partial charge in [-0.2, -0.15) is 4.31 Å². The number of ether oxygens (including phenoxy) is 3. The van der Waals surface area contributed by atoms with Crippen LogP contribution in [0.4, 0.5) is 16.2 Å². The largest absolute Gasteiger partial charge is 0.497 e. The first-order chi connectivity index (χ1) is 23.7. The number of sulfonamides is 1. The Labute approximate surface area is 294 Å². The number of hydrogen-bond donors (Lipinski definition) is 3. The van der Waals surface area contributed by atoms with Crippen molar-refractivity contribution in [3.63, 3.8) is 0 Å². The molecule has 0 aliphatic carbocycles. The first-order valence-corrected chi connectivity index (χ1v) is 18.1. The first-order valence-electron chi connectivity index (χ1n) is 16.7. The number of anilines is 2. The van der Waals surface area contributed by atoms with E-state index in [1.54, 1.807) is 70.3 Å². The van der Waals surface area contributed by atoms with E-state index in [0.29, 0.717) is 42.3 Å². The van der Waals surface area contributed by atoms with Crippen molar-refractivity contribution in [2.75, 3.05) is 51.1 Å².